The van der Waals surface area contributed by atoms with Gasteiger partial charge >= 0.3 is 0 Å². The standard InChI is InChI=1S/C24H25N3O/c1-6-18-22-16(4)15(3)14(2)12-20(22)27(5)24(18)13-26-23-17-8-7-11-25-19(17)9-10-21(23)28-24/h7-13,18H,6H2,1-5H3. The van der Waals surface area contributed by atoms with Gasteiger partial charge in [0.15, 0.2) is 0 Å². The van der Waals surface area contributed by atoms with Crippen LogP contribution in [0.4, 0.5) is 11.4 Å². The van der Waals surface area contributed by atoms with Crippen LogP contribution in [0, 0.1) is 20.8 Å². The van der Waals surface area contributed by atoms with Crippen LogP contribution in [-0.2, 0) is 0 Å². The van der Waals surface area contributed by atoms with Gasteiger partial charge in [0.05, 0.1) is 17.6 Å². The van der Waals surface area contributed by atoms with E-state index in [0.717, 1.165) is 28.8 Å². The molecule has 1 aromatic heterocycles. The van der Waals surface area contributed by atoms with Gasteiger partial charge in [-0.25, -0.2) is 0 Å². The predicted octanol–water partition coefficient (Wildman–Crippen LogP) is 5.59. The van der Waals surface area contributed by atoms with Crippen LogP contribution in [0.5, 0.6) is 5.75 Å². The number of likely N-dealkylation sites (N-methyl/N-ethyl adjacent to an activating group) is 1. The zero-order valence-electron chi connectivity index (χ0n) is 17.1. The van der Waals surface area contributed by atoms with Crippen molar-refractivity contribution < 1.29 is 4.74 Å². The highest BCUT2D eigenvalue weighted by atomic mass is 16.5. The van der Waals surface area contributed by atoms with Crippen LogP contribution in [0.25, 0.3) is 10.9 Å². The second-order valence-corrected chi connectivity index (χ2v) is 7.99. The first-order chi connectivity index (χ1) is 13.5. The molecule has 0 fully saturated rings. The topological polar surface area (TPSA) is 37.7 Å². The molecule has 2 atom stereocenters. The number of benzene rings is 2. The Morgan fingerprint density at radius 3 is 2.75 bits per heavy atom. The first-order valence-electron chi connectivity index (χ1n) is 9.94. The fourth-order valence-corrected chi connectivity index (χ4v) is 4.93. The number of aryl methyl sites for hydroxylation is 1. The Bertz CT molecular complexity index is 1150. The number of hydrogen-bond donors (Lipinski definition) is 0. The van der Waals surface area contributed by atoms with Crippen LogP contribution in [-0.4, -0.2) is 24.0 Å². The summed E-state index contributed by atoms with van der Waals surface area (Å²) in [5.41, 5.74) is 7.93. The first kappa shape index (κ1) is 17.2. The van der Waals surface area contributed by atoms with Crippen LogP contribution in [0.3, 0.4) is 0 Å². The van der Waals surface area contributed by atoms with E-state index in [1.54, 1.807) is 0 Å². The van der Waals surface area contributed by atoms with Crippen molar-refractivity contribution in [2.75, 3.05) is 11.9 Å². The van der Waals surface area contributed by atoms with Crippen molar-refractivity contribution in [3.8, 4) is 5.75 Å². The second kappa shape index (κ2) is 5.81. The summed E-state index contributed by atoms with van der Waals surface area (Å²) in [6.45, 7) is 8.88. The summed E-state index contributed by atoms with van der Waals surface area (Å²) in [5, 5.41) is 1.03. The third-order valence-electron chi connectivity index (χ3n) is 6.70. The summed E-state index contributed by atoms with van der Waals surface area (Å²) in [6.07, 6.45) is 4.81. The van der Waals surface area contributed by atoms with E-state index in [1.807, 2.05) is 30.6 Å². The fraction of sp³-hybridized carbons (Fsp3) is 0.333. The Balaban J connectivity index is 1.71. The summed E-state index contributed by atoms with van der Waals surface area (Å²) in [7, 11) is 2.13. The van der Waals surface area contributed by atoms with Gasteiger partial charge in [0, 0.05) is 24.3 Å². The number of ether oxygens (including phenoxy) is 1. The van der Waals surface area contributed by atoms with Crippen molar-refractivity contribution in [2.24, 2.45) is 4.99 Å². The molecule has 142 valence electrons. The van der Waals surface area contributed by atoms with Crippen molar-refractivity contribution in [3.63, 3.8) is 0 Å². The molecule has 1 spiro atoms. The largest absolute Gasteiger partial charge is 0.460 e. The highest BCUT2D eigenvalue weighted by Crippen LogP contribution is 2.54. The van der Waals surface area contributed by atoms with Gasteiger partial charge in [-0.1, -0.05) is 6.92 Å². The van der Waals surface area contributed by atoms with Crippen molar-refractivity contribution in [3.05, 3.63) is 58.8 Å². The molecule has 0 aliphatic carbocycles. The smallest absolute Gasteiger partial charge is 0.226 e. The summed E-state index contributed by atoms with van der Waals surface area (Å²) in [5.74, 6) is 1.06. The number of pyridine rings is 1. The Hall–Kier alpha value is -2.88. The molecule has 0 radical (unpaired) electrons. The molecule has 0 saturated heterocycles. The van der Waals surface area contributed by atoms with Gasteiger partial charge in [0.1, 0.15) is 11.4 Å². The lowest BCUT2D eigenvalue weighted by Gasteiger charge is -2.41. The number of aliphatic imine (C=N–C) groups is 1. The van der Waals surface area contributed by atoms with Gasteiger partial charge in [-0.15, -0.1) is 0 Å². The summed E-state index contributed by atoms with van der Waals surface area (Å²) >= 11 is 0. The van der Waals surface area contributed by atoms with Crippen molar-refractivity contribution in [1.82, 2.24) is 4.98 Å². The van der Waals surface area contributed by atoms with Crippen LogP contribution in [0.1, 0.15) is 41.5 Å². The number of nitrogens with zero attached hydrogens (tertiary/aromatic N) is 3. The molecule has 0 amide bonds. The predicted molar refractivity (Wildman–Crippen MR) is 115 cm³/mol. The van der Waals surface area contributed by atoms with E-state index < -0.39 is 5.72 Å². The SMILES string of the molecule is CCC1c2c(cc(C)c(C)c2C)N(C)C12C=Nc1c(ccc3ncccc13)O2. The average molecular weight is 371 g/mol. The Kier molecular flexibility index (Phi) is 3.57. The molecule has 2 aliphatic rings. The fourth-order valence-electron chi connectivity index (χ4n) is 4.93. The normalized spacial score (nSPS) is 22.5. The second-order valence-electron chi connectivity index (χ2n) is 7.99. The van der Waals surface area contributed by atoms with E-state index in [0.29, 0.717) is 0 Å². The van der Waals surface area contributed by atoms with Crippen LogP contribution >= 0.6 is 0 Å². The highest BCUT2D eigenvalue weighted by Gasteiger charge is 2.53. The maximum absolute atomic E-state index is 6.77. The number of rotatable bonds is 1. The zero-order chi connectivity index (χ0) is 19.6. The van der Waals surface area contributed by atoms with Crippen molar-refractivity contribution in [1.29, 1.82) is 0 Å². The average Bonchev–Trinajstić information content (AvgIpc) is 2.93. The molecule has 5 rings (SSSR count). The Labute approximate surface area is 165 Å². The van der Waals surface area contributed by atoms with Gasteiger partial charge in [0.25, 0.3) is 0 Å². The van der Waals surface area contributed by atoms with Gasteiger partial charge in [-0.3, -0.25) is 9.98 Å². The third-order valence-corrected chi connectivity index (χ3v) is 6.70. The molecule has 2 unspecified atom stereocenters. The van der Waals surface area contributed by atoms with E-state index in [9.17, 15) is 0 Å². The Morgan fingerprint density at radius 2 is 1.96 bits per heavy atom. The summed E-state index contributed by atoms with van der Waals surface area (Å²) in [6, 6.07) is 10.3. The molecule has 28 heavy (non-hydrogen) atoms. The number of fused-ring (bicyclic) bond motifs is 4. The molecule has 0 saturated carbocycles. The molecular weight excluding hydrogens is 346 g/mol. The lowest BCUT2D eigenvalue weighted by molar-refractivity contribution is 0.121. The highest BCUT2D eigenvalue weighted by molar-refractivity contribution is 5.98. The number of anilines is 1. The lowest BCUT2D eigenvalue weighted by atomic mass is 9.84. The molecule has 4 heteroatoms. The molecular formula is C24H25N3O. The minimum absolute atomic E-state index is 0.230. The maximum atomic E-state index is 6.77. The minimum Gasteiger partial charge on any atom is -0.460 e. The molecule has 2 aromatic carbocycles. The van der Waals surface area contributed by atoms with Gasteiger partial charge < -0.3 is 9.64 Å². The molecule has 4 nitrogen and oxygen atoms in total. The lowest BCUT2D eigenvalue weighted by Crippen LogP contribution is -2.54. The van der Waals surface area contributed by atoms with Crippen molar-refractivity contribution >= 4 is 28.5 Å². The van der Waals surface area contributed by atoms with Crippen LogP contribution in [0.15, 0.2) is 41.5 Å². The number of aromatic nitrogens is 1. The van der Waals surface area contributed by atoms with E-state index in [-0.39, 0.29) is 5.92 Å². The van der Waals surface area contributed by atoms with Crippen molar-refractivity contribution in [2.45, 2.75) is 45.8 Å². The van der Waals surface area contributed by atoms with Crippen LogP contribution in [0.2, 0.25) is 0 Å². The molecule has 0 N–H and O–H groups in total. The van der Waals surface area contributed by atoms with Gasteiger partial charge in [0.2, 0.25) is 5.72 Å². The monoisotopic (exact) mass is 371 g/mol. The molecule has 3 heterocycles. The van der Waals surface area contributed by atoms with E-state index >= 15 is 0 Å². The summed E-state index contributed by atoms with van der Waals surface area (Å²) in [4.78, 5) is 11.7. The molecule has 2 aliphatic heterocycles. The third kappa shape index (κ3) is 2.06. The van der Waals surface area contributed by atoms with Gasteiger partial charge in [-0.05, 0) is 79.8 Å². The first-order valence-corrected chi connectivity index (χ1v) is 9.94. The van der Waals surface area contributed by atoms with Gasteiger partial charge in [-0.2, -0.15) is 0 Å². The van der Waals surface area contributed by atoms with E-state index in [2.05, 4.69) is 56.8 Å². The summed E-state index contributed by atoms with van der Waals surface area (Å²) < 4.78 is 6.77. The minimum atomic E-state index is -0.592. The number of hydrogen-bond acceptors (Lipinski definition) is 4. The Morgan fingerprint density at radius 1 is 1.14 bits per heavy atom. The quantitative estimate of drug-likeness (QED) is 0.559. The molecule has 0 bridgehead atoms. The molecule has 3 aromatic rings. The zero-order valence-corrected chi connectivity index (χ0v) is 17.1. The van der Waals surface area contributed by atoms with E-state index in [4.69, 9.17) is 9.73 Å². The maximum Gasteiger partial charge on any atom is 0.226 e. The van der Waals surface area contributed by atoms with Crippen LogP contribution < -0.4 is 9.64 Å². The van der Waals surface area contributed by atoms with E-state index in [1.165, 1.54) is 27.9 Å².